The van der Waals surface area contributed by atoms with Crippen molar-refractivity contribution >= 4 is 6.21 Å². The summed E-state index contributed by atoms with van der Waals surface area (Å²) in [7, 11) is 0. The molecule has 1 rings (SSSR count). The molecule has 0 heterocycles. The fraction of sp³-hybridized carbons (Fsp3) is 0.889. The molecule has 0 unspecified atom stereocenters. The maximum absolute atomic E-state index is 5.01. The van der Waals surface area contributed by atoms with E-state index in [2.05, 4.69) is 5.10 Å². The lowest BCUT2D eigenvalue weighted by molar-refractivity contribution is 0.344. The van der Waals surface area contributed by atoms with Crippen molar-refractivity contribution in [2.24, 2.45) is 16.9 Å². The Hall–Kier alpha value is -0.530. The van der Waals surface area contributed by atoms with Crippen LogP contribution in [0.15, 0.2) is 5.10 Å². The van der Waals surface area contributed by atoms with Gasteiger partial charge < -0.3 is 5.84 Å². The van der Waals surface area contributed by atoms with Crippen LogP contribution >= 0.6 is 0 Å². The van der Waals surface area contributed by atoms with E-state index in [0.717, 1.165) is 12.3 Å². The highest BCUT2D eigenvalue weighted by Gasteiger charge is 2.11. The second kappa shape index (κ2) is 5.16. The zero-order valence-corrected chi connectivity index (χ0v) is 7.13. The third-order valence-electron chi connectivity index (χ3n) is 2.53. The van der Waals surface area contributed by atoms with Gasteiger partial charge in [-0.2, -0.15) is 5.10 Å². The fourth-order valence-corrected chi connectivity index (χ4v) is 1.86. The molecular weight excluding hydrogens is 136 g/mol. The second-order valence-corrected chi connectivity index (χ2v) is 3.41. The molecule has 0 aromatic heterocycles. The second-order valence-electron chi connectivity index (χ2n) is 3.41. The van der Waals surface area contributed by atoms with Gasteiger partial charge in [0, 0.05) is 6.21 Å². The van der Waals surface area contributed by atoms with Gasteiger partial charge >= 0.3 is 0 Å². The zero-order chi connectivity index (χ0) is 7.94. The highest BCUT2D eigenvalue weighted by atomic mass is 15.1. The topological polar surface area (TPSA) is 38.4 Å². The molecule has 0 aliphatic heterocycles. The van der Waals surface area contributed by atoms with Gasteiger partial charge in [-0.05, 0) is 18.8 Å². The van der Waals surface area contributed by atoms with E-state index in [0.29, 0.717) is 0 Å². The Labute approximate surface area is 68.9 Å². The number of nitrogens with zero attached hydrogens (tertiary/aromatic N) is 1. The maximum atomic E-state index is 5.01. The average Bonchev–Trinajstić information content (AvgIpc) is 2.07. The molecule has 1 saturated carbocycles. The summed E-state index contributed by atoms with van der Waals surface area (Å²) in [6, 6.07) is 0. The standard InChI is InChI=1S/C9H18N2/c10-11-8-4-7-9-5-2-1-3-6-9/h8-9H,1-7,10H2. The molecule has 0 amide bonds. The summed E-state index contributed by atoms with van der Waals surface area (Å²) in [4.78, 5) is 0. The van der Waals surface area contributed by atoms with Crippen molar-refractivity contribution in [1.82, 2.24) is 0 Å². The molecule has 2 N–H and O–H groups in total. The van der Waals surface area contributed by atoms with Crippen molar-refractivity contribution < 1.29 is 0 Å². The fourth-order valence-electron chi connectivity index (χ4n) is 1.86. The lowest BCUT2D eigenvalue weighted by Gasteiger charge is -2.20. The molecule has 1 aliphatic rings. The molecule has 0 radical (unpaired) electrons. The van der Waals surface area contributed by atoms with Crippen LogP contribution in [0.5, 0.6) is 0 Å². The Morgan fingerprint density at radius 1 is 1.27 bits per heavy atom. The minimum Gasteiger partial charge on any atom is -0.324 e. The summed E-state index contributed by atoms with van der Waals surface area (Å²) >= 11 is 0. The minimum absolute atomic E-state index is 0.960. The van der Waals surface area contributed by atoms with Gasteiger partial charge in [0.05, 0.1) is 0 Å². The number of hydrogen-bond acceptors (Lipinski definition) is 2. The van der Waals surface area contributed by atoms with Gasteiger partial charge in [0.2, 0.25) is 0 Å². The molecule has 0 bridgehead atoms. The van der Waals surface area contributed by atoms with Crippen molar-refractivity contribution in [3.8, 4) is 0 Å². The lowest BCUT2D eigenvalue weighted by Crippen LogP contribution is -2.06. The van der Waals surface area contributed by atoms with Crippen LogP contribution in [0, 0.1) is 5.92 Å². The van der Waals surface area contributed by atoms with E-state index >= 15 is 0 Å². The van der Waals surface area contributed by atoms with Gasteiger partial charge in [-0.3, -0.25) is 0 Å². The van der Waals surface area contributed by atoms with Gasteiger partial charge in [0.1, 0.15) is 0 Å². The molecule has 64 valence electrons. The average molecular weight is 154 g/mol. The van der Waals surface area contributed by atoms with E-state index in [1.807, 2.05) is 6.21 Å². The highest BCUT2D eigenvalue weighted by molar-refractivity contribution is 5.56. The summed E-state index contributed by atoms with van der Waals surface area (Å²) in [5.41, 5.74) is 0. The SMILES string of the molecule is NN=CCCC1CCCCC1. The smallest absolute Gasteiger partial charge is 0.0240 e. The number of hydrogen-bond donors (Lipinski definition) is 1. The quantitative estimate of drug-likeness (QED) is 0.378. The van der Waals surface area contributed by atoms with E-state index in [1.54, 1.807) is 0 Å². The molecule has 2 heteroatoms. The third kappa shape index (κ3) is 3.40. The van der Waals surface area contributed by atoms with E-state index in [4.69, 9.17) is 5.84 Å². The van der Waals surface area contributed by atoms with Gasteiger partial charge in [-0.1, -0.05) is 32.1 Å². The van der Waals surface area contributed by atoms with Crippen molar-refractivity contribution in [2.45, 2.75) is 44.9 Å². The monoisotopic (exact) mass is 154 g/mol. The van der Waals surface area contributed by atoms with Gasteiger partial charge in [-0.25, -0.2) is 0 Å². The Bertz CT molecular complexity index is 115. The van der Waals surface area contributed by atoms with Crippen molar-refractivity contribution in [2.75, 3.05) is 0 Å². The van der Waals surface area contributed by atoms with Gasteiger partial charge in [0.15, 0.2) is 0 Å². The van der Waals surface area contributed by atoms with E-state index in [1.165, 1.54) is 38.5 Å². The molecule has 2 nitrogen and oxygen atoms in total. The number of nitrogens with two attached hydrogens (primary N) is 1. The Morgan fingerprint density at radius 2 is 2.00 bits per heavy atom. The predicted octanol–water partition coefficient (Wildman–Crippen LogP) is 2.29. The van der Waals surface area contributed by atoms with Crippen molar-refractivity contribution in [3.63, 3.8) is 0 Å². The Morgan fingerprint density at radius 3 is 2.64 bits per heavy atom. The highest BCUT2D eigenvalue weighted by Crippen LogP contribution is 2.26. The van der Waals surface area contributed by atoms with Crippen LogP contribution < -0.4 is 5.84 Å². The molecule has 0 atom stereocenters. The normalized spacial score (nSPS) is 21.1. The summed E-state index contributed by atoms with van der Waals surface area (Å²) in [6.45, 7) is 0. The Kier molecular flexibility index (Phi) is 4.02. The summed E-state index contributed by atoms with van der Waals surface area (Å²) in [5.74, 6) is 5.97. The number of hydrazone groups is 1. The van der Waals surface area contributed by atoms with Crippen LogP contribution in [0.1, 0.15) is 44.9 Å². The Balaban J connectivity index is 2.04. The molecule has 1 aliphatic carbocycles. The molecule has 0 saturated heterocycles. The van der Waals surface area contributed by atoms with E-state index < -0.39 is 0 Å². The first-order valence-corrected chi connectivity index (χ1v) is 4.65. The molecular formula is C9H18N2. The third-order valence-corrected chi connectivity index (χ3v) is 2.53. The first-order chi connectivity index (χ1) is 5.43. The summed E-state index contributed by atoms with van der Waals surface area (Å²) in [6.07, 6.45) is 11.4. The van der Waals surface area contributed by atoms with Crippen LogP contribution in [-0.2, 0) is 0 Å². The predicted molar refractivity (Wildman–Crippen MR) is 48.5 cm³/mol. The summed E-state index contributed by atoms with van der Waals surface area (Å²) in [5, 5.41) is 3.50. The van der Waals surface area contributed by atoms with Crippen LogP contribution in [0.3, 0.4) is 0 Å². The zero-order valence-electron chi connectivity index (χ0n) is 7.13. The first-order valence-electron chi connectivity index (χ1n) is 4.65. The van der Waals surface area contributed by atoms with Crippen molar-refractivity contribution in [3.05, 3.63) is 0 Å². The molecule has 0 aromatic carbocycles. The first kappa shape index (κ1) is 8.57. The van der Waals surface area contributed by atoms with E-state index in [-0.39, 0.29) is 0 Å². The van der Waals surface area contributed by atoms with Crippen LogP contribution in [-0.4, -0.2) is 6.21 Å². The lowest BCUT2D eigenvalue weighted by atomic mass is 9.86. The van der Waals surface area contributed by atoms with Crippen LogP contribution in [0.2, 0.25) is 0 Å². The molecule has 0 spiro atoms. The summed E-state index contributed by atoms with van der Waals surface area (Å²) < 4.78 is 0. The number of rotatable bonds is 3. The molecule has 11 heavy (non-hydrogen) atoms. The largest absolute Gasteiger partial charge is 0.324 e. The van der Waals surface area contributed by atoms with Crippen LogP contribution in [0.4, 0.5) is 0 Å². The van der Waals surface area contributed by atoms with Crippen LogP contribution in [0.25, 0.3) is 0 Å². The van der Waals surface area contributed by atoms with Gasteiger partial charge in [0.25, 0.3) is 0 Å². The molecule has 1 fully saturated rings. The minimum atomic E-state index is 0.960. The van der Waals surface area contributed by atoms with E-state index in [9.17, 15) is 0 Å². The maximum Gasteiger partial charge on any atom is 0.0240 e. The van der Waals surface area contributed by atoms with Gasteiger partial charge in [-0.15, -0.1) is 0 Å². The molecule has 0 aromatic rings. The van der Waals surface area contributed by atoms with Crippen molar-refractivity contribution in [1.29, 1.82) is 0 Å².